The molecule has 1 unspecified atom stereocenters. The highest BCUT2D eigenvalue weighted by Gasteiger charge is 2.21. The Morgan fingerprint density at radius 1 is 0.633 bits per heavy atom. The molecule has 0 spiro atoms. The highest BCUT2D eigenvalue weighted by atomic mass is 31.2. The second-order valence-electron chi connectivity index (χ2n) is 15.3. The van der Waals surface area contributed by atoms with Crippen molar-refractivity contribution in [3.05, 3.63) is 0 Å². The van der Waals surface area contributed by atoms with Crippen molar-refractivity contribution in [3.8, 4) is 0 Å². The second kappa shape index (κ2) is 31.7. The summed E-state index contributed by atoms with van der Waals surface area (Å²) >= 11 is 0. The first-order chi connectivity index (χ1) is 23.4. The van der Waals surface area contributed by atoms with Crippen molar-refractivity contribution in [3.63, 3.8) is 0 Å². The lowest BCUT2D eigenvalue weighted by Crippen LogP contribution is -2.37. The first-order valence-corrected chi connectivity index (χ1v) is 21.6. The van der Waals surface area contributed by atoms with Crippen LogP contribution in [0.1, 0.15) is 181 Å². The Bertz CT molecular complexity index is 834. The predicted octanol–water partition coefficient (Wildman–Crippen LogP) is 10.1. The molecule has 292 valence electrons. The van der Waals surface area contributed by atoms with Gasteiger partial charge in [-0.2, -0.15) is 0 Å². The van der Waals surface area contributed by atoms with Gasteiger partial charge in [0.15, 0.2) is 6.10 Å². The number of phosphoric ester groups is 1. The SMILES string of the molecule is CCCCCCCCCCCCCCCC(=O)OC[C@H](COP(=O)([O-])OCC[N+](C)(C)C)OC(=O)CCCCCCCCCC[C@@H](C)CC. The van der Waals surface area contributed by atoms with E-state index >= 15 is 0 Å². The minimum Gasteiger partial charge on any atom is -0.756 e. The molecule has 10 heteroatoms. The molecule has 0 saturated heterocycles. The van der Waals surface area contributed by atoms with Crippen LogP contribution in [0.2, 0.25) is 0 Å². The van der Waals surface area contributed by atoms with Crippen LogP contribution in [-0.4, -0.2) is 70.0 Å². The quantitative estimate of drug-likeness (QED) is 0.0272. The Balaban J connectivity index is 4.40. The summed E-state index contributed by atoms with van der Waals surface area (Å²) in [6, 6.07) is 0. The first-order valence-electron chi connectivity index (χ1n) is 20.1. The molecule has 0 aliphatic rings. The monoisotopic (exact) mass is 720 g/mol. The minimum atomic E-state index is -4.61. The number of quaternary nitrogens is 1. The molecule has 0 aromatic rings. The minimum absolute atomic E-state index is 0.0269. The number of carbonyl (C=O) groups is 2. The molecule has 0 bridgehead atoms. The summed E-state index contributed by atoms with van der Waals surface area (Å²) in [7, 11) is 1.17. The normalized spacial score (nSPS) is 14.3. The van der Waals surface area contributed by atoms with E-state index in [1.165, 1.54) is 103 Å². The summed E-state index contributed by atoms with van der Waals surface area (Å²) in [6.45, 7) is 6.56. The highest BCUT2D eigenvalue weighted by molar-refractivity contribution is 7.45. The van der Waals surface area contributed by atoms with Crippen LogP contribution in [0.4, 0.5) is 0 Å². The molecule has 3 atom stereocenters. The molecule has 0 aromatic heterocycles. The number of nitrogens with zero attached hydrogens (tertiary/aromatic N) is 1. The van der Waals surface area contributed by atoms with Crippen molar-refractivity contribution in [2.75, 3.05) is 47.5 Å². The summed E-state index contributed by atoms with van der Waals surface area (Å²) in [5.41, 5.74) is 0. The van der Waals surface area contributed by atoms with E-state index in [9.17, 15) is 19.0 Å². The topological polar surface area (TPSA) is 111 Å². The fourth-order valence-electron chi connectivity index (χ4n) is 5.57. The number of hydrogen-bond donors (Lipinski definition) is 0. The van der Waals surface area contributed by atoms with Crippen molar-refractivity contribution in [1.82, 2.24) is 0 Å². The number of ether oxygens (including phenoxy) is 2. The van der Waals surface area contributed by atoms with Gasteiger partial charge >= 0.3 is 11.9 Å². The molecule has 49 heavy (non-hydrogen) atoms. The number of esters is 2. The molecule has 0 saturated carbocycles. The summed E-state index contributed by atoms with van der Waals surface area (Å²) in [5, 5.41) is 0. The molecule has 0 amide bonds. The van der Waals surface area contributed by atoms with Crippen LogP contribution in [0, 0.1) is 5.92 Å². The van der Waals surface area contributed by atoms with Crippen LogP contribution in [-0.2, 0) is 32.7 Å². The summed E-state index contributed by atoms with van der Waals surface area (Å²) in [4.78, 5) is 37.3. The number of rotatable bonds is 36. The zero-order valence-corrected chi connectivity index (χ0v) is 33.7. The van der Waals surface area contributed by atoms with Gasteiger partial charge in [0.05, 0.1) is 27.7 Å². The maximum Gasteiger partial charge on any atom is 0.306 e. The Labute approximate surface area is 302 Å². The van der Waals surface area contributed by atoms with Gasteiger partial charge < -0.3 is 27.9 Å². The van der Waals surface area contributed by atoms with E-state index in [2.05, 4.69) is 20.8 Å². The molecule has 0 rings (SSSR count). The van der Waals surface area contributed by atoms with Gasteiger partial charge in [-0.05, 0) is 18.8 Å². The number of phosphoric acid groups is 1. The van der Waals surface area contributed by atoms with E-state index in [4.69, 9.17) is 18.5 Å². The van der Waals surface area contributed by atoms with E-state index < -0.39 is 26.5 Å². The van der Waals surface area contributed by atoms with E-state index in [0.29, 0.717) is 17.4 Å². The van der Waals surface area contributed by atoms with Crippen molar-refractivity contribution in [2.24, 2.45) is 5.92 Å². The first kappa shape index (κ1) is 48.0. The number of unbranched alkanes of at least 4 members (excludes halogenated alkanes) is 19. The highest BCUT2D eigenvalue weighted by Crippen LogP contribution is 2.38. The van der Waals surface area contributed by atoms with Gasteiger partial charge in [-0.1, -0.05) is 156 Å². The third-order valence-corrected chi connectivity index (χ3v) is 10.1. The lowest BCUT2D eigenvalue weighted by Gasteiger charge is -2.28. The molecule has 0 aromatic carbocycles. The average molecular weight is 720 g/mol. The second-order valence-corrected chi connectivity index (χ2v) is 16.7. The van der Waals surface area contributed by atoms with Crippen LogP contribution >= 0.6 is 7.82 Å². The molecule has 9 nitrogen and oxygen atoms in total. The molecule has 0 heterocycles. The predicted molar refractivity (Wildman–Crippen MR) is 199 cm³/mol. The smallest absolute Gasteiger partial charge is 0.306 e. The lowest BCUT2D eigenvalue weighted by atomic mass is 9.99. The lowest BCUT2D eigenvalue weighted by molar-refractivity contribution is -0.870. The van der Waals surface area contributed by atoms with Gasteiger partial charge in [0.25, 0.3) is 7.82 Å². The van der Waals surface area contributed by atoms with E-state index in [0.717, 1.165) is 44.4 Å². The molecular formula is C39H78NO8P. The van der Waals surface area contributed by atoms with Crippen molar-refractivity contribution >= 4 is 19.8 Å². The summed E-state index contributed by atoms with van der Waals surface area (Å²) in [5.74, 6) is -0.00535. The van der Waals surface area contributed by atoms with Crippen molar-refractivity contribution in [1.29, 1.82) is 0 Å². The van der Waals surface area contributed by atoms with Crippen LogP contribution in [0.15, 0.2) is 0 Å². The molecule has 0 aliphatic heterocycles. The molecule has 0 radical (unpaired) electrons. The van der Waals surface area contributed by atoms with E-state index in [1.807, 2.05) is 21.1 Å². The van der Waals surface area contributed by atoms with Crippen LogP contribution in [0.3, 0.4) is 0 Å². The number of likely N-dealkylation sites (N-methyl/N-ethyl adjacent to an activating group) is 1. The van der Waals surface area contributed by atoms with E-state index in [-0.39, 0.29) is 32.0 Å². The average Bonchev–Trinajstić information content (AvgIpc) is 3.04. The zero-order chi connectivity index (χ0) is 36.6. The molecule has 0 N–H and O–H groups in total. The Morgan fingerprint density at radius 2 is 1.08 bits per heavy atom. The van der Waals surface area contributed by atoms with E-state index in [1.54, 1.807) is 0 Å². The standard InChI is InChI=1S/C39H78NO8P/c1-7-9-10-11-12-13-14-15-16-17-21-24-27-30-38(41)45-34-37(35-47-49(43,44)46-33-32-40(4,5)6)48-39(42)31-28-25-22-19-18-20-23-26-29-36(3)8-2/h36-37H,7-35H2,1-6H3/t36-,37+/m0/s1. The number of carbonyl (C=O) groups excluding carboxylic acids is 2. The third-order valence-electron chi connectivity index (χ3n) is 9.17. The van der Waals surface area contributed by atoms with Gasteiger partial charge in [0.2, 0.25) is 0 Å². The van der Waals surface area contributed by atoms with Gasteiger partial charge in [-0.3, -0.25) is 14.2 Å². The number of hydrogen-bond acceptors (Lipinski definition) is 8. The third kappa shape index (κ3) is 35.2. The van der Waals surface area contributed by atoms with Gasteiger partial charge in [0.1, 0.15) is 19.8 Å². The molecule has 0 fully saturated rings. The molecular weight excluding hydrogens is 641 g/mol. The zero-order valence-electron chi connectivity index (χ0n) is 32.8. The molecule has 0 aliphatic carbocycles. The van der Waals surface area contributed by atoms with Crippen molar-refractivity contribution < 1.29 is 42.1 Å². The van der Waals surface area contributed by atoms with Crippen molar-refractivity contribution in [2.45, 2.75) is 187 Å². The van der Waals surface area contributed by atoms with Crippen LogP contribution < -0.4 is 4.89 Å². The summed E-state index contributed by atoms with van der Waals surface area (Å²) in [6.07, 6.45) is 26.9. The van der Waals surface area contributed by atoms with Gasteiger partial charge in [-0.25, -0.2) is 0 Å². The van der Waals surface area contributed by atoms with Gasteiger partial charge in [-0.15, -0.1) is 0 Å². The fraction of sp³-hybridized carbons (Fsp3) is 0.949. The maximum absolute atomic E-state index is 12.6. The largest absolute Gasteiger partial charge is 0.756 e. The Hall–Kier alpha value is -0.990. The maximum atomic E-state index is 12.6. The van der Waals surface area contributed by atoms with Gasteiger partial charge in [0, 0.05) is 12.8 Å². The van der Waals surface area contributed by atoms with Crippen LogP contribution in [0.25, 0.3) is 0 Å². The van der Waals surface area contributed by atoms with Crippen LogP contribution in [0.5, 0.6) is 0 Å². The Kier molecular flexibility index (Phi) is 31.1. The fourth-order valence-corrected chi connectivity index (χ4v) is 6.30. The summed E-state index contributed by atoms with van der Waals surface area (Å²) < 4.78 is 33.8. The Morgan fingerprint density at radius 3 is 1.55 bits per heavy atom.